The predicted molar refractivity (Wildman–Crippen MR) is 133 cm³/mol. The number of piperazine rings is 1. The van der Waals surface area contributed by atoms with Crippen molar-refractivity contribution < 1.29 is 35.9 Å². The van der Waals surface area contributed by atoms with Crippen LogP contribution >= 0.6 is 11.3 Å². The van der Waals surface area contributed by atoms with Gasteiger partial charge in [0, 0.05) is 38.5 Å². The zero-order valence-corrected chi connectivity index (χ0v) is 22.4. The van der Waals surface area contributed by atoms with E-state index in [1.165, 1.54) is 4.90 Å². The molecule has 2 atom stereocenters. The lowest BCUT2D eigenvalue weighted by Crippen LogP contribution is -2.62. The molecule has 2 aliphatic rings. The average Bonchev–Trinajstić information content (AvgIpc) is 3.51. The van der Waals surface area contributed by atoms with Crippen LogP contribution in [0.2, 0.25) is 0 Å². The van der Waals surface area contributed by atoms with Gasteiger partial charge >= 0.3 is 12.2 Å². The lowest BCUT2D eigenvalue weighted by atomic mass is 10.2. The molecule has 2 unspecified atom stereocenters. The Balaban J connectivity index is 1.52. The molecule has 10 nitrogen and oxygen atoms in total. The van der Waals surface area contributed by atoms with Crippen LogP contribution in [-0.4, -0.2) is 79.5 Å². The first-order chi connectivity index (χ1) is 17.9. The summed E-state index contributed by atoms with van der Waals surface area (Å²) >= 11 is 1.01. The van der Waals surface area contributed by atoms with Gasteiger partial charge in [-0.3, -0.25) is 4.79 Å². The van der Waals surface area contributed by atoms with Crippen molar-refractivity contribution >= 4 is 39.0 Å². The number of alkyl halides is 3. The summed E-state index contributed by atoms with van der Waals surface area (Å²) in [5.41, 5.74) is -0.396. The molecule has 2 aromatic rings. The van der Waals surface area contributed by atoms with Gasteiger partial charge in [0.1, 0.15) is 6.04 Å². The monoisotopic (exact) mass is 575 g/mol. The van der Waals surface area contributed by atoms with Crippen molar-refractivity contribution in [2.24, 2.45) is 0 Å². The molecule has 2 saturated heterocycles. The van der Waals surface area contributed by atoms with Crippen LogP contribution in [0.3, 0.4) is 0 Å². The topological polar surface area (TPSA) is 121 Å². The number of carbonyl (C=O) groups is 2. The summed E-state index contributed by atoms with van der Waals surface area (Å²) in [6, 6.07) is 2.06. The summed E-state index contributed by atoms with van der Waals surface area (Å²) in [5.74, 6) is -0.574. The third kappa shape index (κ3) is 6.27. The molecule has 15 heteroatoms. The normalized spacial score (nSPS) is 20.9. The van der Waals surface area contributed by atoms with Gasteiger partial charge in [-0.15, -0.1) is 11.3 Å². The van der Waals surface area contributed by atoms with Crippen molar-refractivity contribution in [2.45, 2.75) is 49.2 Å². The van der Waals surface area contributed by atoms with E-state index in [0.717, 1.165) is 52.7 Å². The third-order valence-electron chi connectivity index (χ3n) is 6.32. The van der Waals surface area contributed by atoms with Crippen molar-refractivity contribution in [2.75, 3.05) is 38.1 Å². The van der Waals surface area contributed by atoms with E-state index in [0.29, 0.717) is 17.3 Å². The van der Waals surface area contributed by atoms with Gasteiger partial charge in [-0.25, -0.2) is 18.2 Å². The van der Waals surface area contributed by atoms with Gasteiger partial charge in [-0.1, -0.05) is 0 Å². The molecule has 1 aromatic heterocycles. The number of sulfonamides is 1. The number of benzene rings is 1. The van der Waals surface area contributed by atoms with Crippen LogP contribution < -0.4 is 10.6 Å². The molecule has 208 valence electrons. The van der Waals surface area contributed by atoms with Crippen LogP contribution in [0, 0.1) is 13.8 Å². The number of carbonyl (C=O) groups excluding carboxylic acids is 2. The third-order valence-corrected chi connectivity index (χ3v) is 9.88. The van der Waals surface area contributed by atoms with E-state index in [1.54, 1.807) is 13.8 Å². The van der Waals surface area contributed by atoms with E-state index >= 15 is 0 Å². The first-order valence-electron chi connectivity index (χ1n) is 11.9. The van der Waals surface area contributed by atoms with Crippen molar-refractivity contribution in [3.8, 4) is 0 Å². The predicted octanol–water partition coefficient (Wildman–Crippen LogP) is 2.98. The minimum atomic E-state index is -4.51. The van der Waals surface area contributed by atoms with E-state index < -0.39 is 39.7 Å². The molecule has 0 spiro atoms. The second kappa shape index (κ2) is 11.2. The number of rotatable bonds is 6. The Morgan fingerprint density at radius 2 is 1.89 bits per heavy atom. The fraction of sp³-hybridized carbons (Fsp3) is 0.522. The Morgan fingerprint density at radius 3 is 2.47 bits per heavy atom. The second-order valence-electron chi connectivity index (χ2n) is 9.07. The largest absolute Gasteiger partial charge is 0.416 e. The molecule has 0 bridgehead atoms. The molecule has 3 amide bonds. The lowest BCUT2D eigenvalue weighted by Gasteiger charge is -2.39. The molecule has 2 N–H and O–H groups in total. The summed E-state index contributed by atoms with van der Waals surface area (Å²) < 4.78 is 72.3. The van der Waals surface area contributed by atoms with E-state index in [2.05, 4.69) is 15.6 Å². The zero-order chi connectivity index (χ0) is 27.7. The van der Waals surface area contributed by atoms with Crippen molar-refractivity contribution in [3.05, 3.63) is 40.5 Å². The Bertz CT molecular complexity index is 1280. The number of hydrogen-bond acceptors (Lipinski definition) is 7. The lowest BCUT2D eigenvalue weighted by molar-refractivity contribution is -0.137. The average molecular weight is 576 g/mol. The van der Waals surface area contributed by atoms with Crippen LogP contribution in [0.4, 0.5) is 23.7 Å². The van der Waals surface area contributed by atoms with Gasteiger partial charge in [0.25, 0.3) is 10.0 Å². The fourth-order valence-corrected chi connectivity index (χ4v) is 7.56. The van der Waals surface area contributed by atoms with Gasteiger partial charge in [0.2, 0.25) is 5.91 Å². The highest BCUT2D eigenvalue weighted by Crippen LogP contribution is 2.31. The maximum atomic E-state index is 13.6. The van der Waals surface area contributed by atoms with E-state index in [9.17, 15) is 31.2 Å². The molecule has 0 radical (unpaired) electrons. The maximum Gasteiger partial charge on any atom is 0.416 e. The summed E-state index contributed by atoms with van der Waals surface area (Å²) in [7, 11) is -4.10. The SMILES string of the molecule is Cc1nc(C)c(S(=O)(=O)N2CCN(C(=O)Nc3ccc(C(F)(F)F)cc3)CC2C(=O)NCC2CCCO2)s1. The summed E-state index contributed by atoms with van der Waals surface area (Å²) in [6.07, 6.45) is -3.04. The minimum Gasteiger partial charge on any atom is -0.376 e. The molecular formula is C23H28F3N5O5S2. The first-order valence-corrected chi connectivity index (χ1v) is 14.2. The highest BCUT2D eigenvalue weighted by molar-refractivity contribution is 7.91. The number of halogens is 3. The quantitative estimate of drug-likeness (QED) is 0.547. The minimum absolute atomic E-state index is 0.0297. The molecule has 1 aromatic carbocycles. The number of thiazole rings is 1. The Morgan fingerprint density at radius 1 is 1.18 bits per heavy atom. The molecule has 2 aliphatic heterocycles. The summed E-state index contributed by atoms with van der Waals surface area (Å²) in [5, 5.41) is 5.83. The number of amides is 3. The second-order valence-corrected chi connectivity index (χ2v) is 12.4. The number of nitrogens with zero attached hydrogens (tertiary/aromatic N) is 3. The maximum absolute atomic E-state index is 13.6. The highest BCUT2D eigenvalue weighted by Gasteiger charge is 2.43. The molecule has 3 heterocycles. The van der Waals surface area contributed by atoms with Crippen LogP contribution in [0.15, 0.2) is 28.5 Å². The van der Waals surface area contributed by atoms with Gasteiger partial charge < -0.3 is 20.3 Å². The van der Waals surface area contributed by atoms with Crippen LogP contribution in [0.25, 0.3) is 0 Å². The zero-order valence-electron chi connectivity index (χ0n) is 20.7. The van der Waals surface area contributed by atoms with E-state index in [4.69, 9.17) is 4.74 Å². The number of aryl methyl sites for hydroxylation is 2. The fourth-order valence-electron chi connectivity index (χ4n) is 4.39. The molecule has 0 saturated carbocycles. The molecular weight excluding hydrogens is 547 g/mol. The van der Waals surface area contributed by atoms with Crippen molar-refractivity contribution in [1.29, 1.82) is 0 Å². The number of aromatic nitrogens is 1. The highest BCUT2D eigenvalue weighted by atomic mass is 32.2. The summed E-state index contributed by atoms with van der Waals surface area (Å²) in [6.45, 7) is 3.63. The molecule has 0 aliphatic carbocycles. The number of ether oxygens (including phenoxy) is 1. The van der Waals surface area contributed by atoms with Gasteiger partial charge in [0.15, 0.2) is 4.21 Å². The van der Waals surface area contributed by atoms with Crippen LogP contribution in [0.1, 0.15) is 29.1 Å². The smallest absolute Gasteiger partial charge is 0.376 e. The van der Waals surface area contributed by atoms with Crippen molar-refractivity contribution in [3.63, 3.8) is 0 Å². The number of nitrogens with one attached hydrogen (secondary N) is 2. The van der Waals surface area contributed by atoms with Gasteiger partial charge in [0.05, 0.1) is 22.4 Å². The molecule has 38 heavy (non-hydrogen) atoms. The number of anilines is 1. The number of urea groups is 1. The Kier molecular flexibility index (Phi) is 8.30. The van der Waals surface area contributed by atoms with Crippen LogP contribution in [0.5, 0.6) is 0 Å². The number of hydrogen-bond donors (Lipinski definition) is 2. The van der Waals surface area contributed by atoms with Gasteiger partial charge in [-0.2, -0.15) is 17.5 Å². The van der Waals surface area contributed by atoms with Crippen LogP contribution in [-0.2, 0) is 25.7 Å². The van der Waals surface area contributed by atoms with E-state index in [1.807, 2.05) is 0 Å². The summed E-state index contributed by atoms with van der Waals surface area (Å²) in [4.78, 5) is 31.6. The van der Waals surface area contributed by atoms with Gasteiger partial charge in [-0.05, 0) is 51.0 Å². The Hall–Kier alpha value is -2.75. The molecule has 4 rings (SSSR count). The molecule has 2 fully saturated rings. The standard InChI is InChI=1S/C23H28F3N5O5S2/c1-14-21(37-15(2)28-14)38(34,35)31-10-9-30(13-19(31)20(32)27-12-18-4-3-11-36-18)22(33)29-17-7-5-16(6-8-17)23(24,25)26/h5-8,18-19H,3-4,9-13H2,1-2H3,(H,27,32)(H,29,33). The van der Waals surface area contributed by atoms with E-state index in [-0.39, 0.29) is 42.2 Å². The Labute approximate surface area is 222 Å². The first kappa shape index (κ1) is 28.3. The van der Waals surface area contributed by atoms with Crippen molar-refractivity contribution in [1.82, 2.24) is 19.5 Å².